The predicted octanol–water partition coefficient (Wildman–Crippen LogP) is 16.5. The summed E-state index contributed by atoms with van der Waals surface area (Å²) in [5.74, 6) is 0. The first-order valence-corrected chi connectivity index (χ1v) is 20.0. The molecule has 2 aliphatic heterocycles. The molecule has 0 atom stereocenters. The van der Waals surface area contributed by atoms with Crippen LogP contribution < -0.4 is 0 Å². The third-order valence-corrected chi connectivity index (χ3v) is 11.1. The largest absolute Gasteiger partial charge is 0.354 e. The van der Waals surface area contributed by atoms with Crippen molar-refractivity contribution >= 4 is 139 Å². The summed E-state index contributed by atoms with van der Waals surface area (Å²) in [6, 6.07) is 29.6. The Balaban J connectivity index is 0.00000455. The number of rotatable bonds is 4. The molecule has 0 amide bonds. The Morgan fingerprint density at radius 1 is 0.298 bits per heavy atom. The van der Waals surface area contributed by atoms with Crippen LogP contribution in [0.3, 0.4) is 0 Å². The Morgan fingerprint density at radius 2 is 0.491 bits per heavy atom. The zero-order valence-corrected chi connectivity index (χ0v) is 36.1. The van der Waals surface area contributed by atoms with E-state index in [0.717, 1.165) is 66.6 Å². The molecule has 9 rings (SSSR count). The van der Waals surface area contributed by atoms with Crippen molar-refractivity contribution in [3.63, 3.8) is 0 Å². The van der Waals surface area contributed by atoms with Gasteiger partial charge in [-0.25, -0.2) is 9.97 Å². The van der Waals surface area contributed by atoms with Crippen LogP contribution in [0.2, 0.25) is 40.2 Å². The van der Waals surface area contributed by atoms with Crippen LogP contribution in [-0.2, 0) is 17.1 Å². The smallest absolute Gasteiger partial charge is 0.0737 e. The molecule has 5 heterocycles. The monoisotopic (exact) mass is 941 g/mol. The maximum absolute atomic E-state index is 6.61. The van der Waals surface area contributed by atoms with Crippen LogP contribution in [0.15, 0.2) is 97.1 Å². The van der Waals surface area contributed by atoms with E-state index >= 15 is 0 Å². The summed E-state index contributed by atoms with van der Waals surface area (Å²) in [6.45, 7) is 0. The number of halogens is 8. The van der Waals surface area contributed by atoms with E-state index in [-0.39, 0.29) is 17.1 Å². The van der Waals surface area contributed by atoms with E-state index in [2.05, 4.69) is 9.97 Å². The van der Waals surface area contributed by atoms with Crippen molar-refractivity contribution in [2.75, 3.05) is 0 Å². The van der Waals surface area contributed by atoms with E-state index < -0.39 is 0 Å². The molecular formula is C44H22Cl8MnN4. The van der Waals surface area contributed by atoms with Gasteiger partial charge >= 0.3 is 0 Å². The van der Waals surface area contributed by atoms with E-state index in [9.17, 15) is 0 Å². The van der Waals surface area contributed by atoms with Crippen LogP contribution in [0.25, 0.3) is 90.9 Å². The quantitative estimate of drug-likeness (QED) is 0.173. The Bertz CT molecular complexity index is 2560. The number of aromatic nitrogens is 4. The van der Waals surface area contributed by atoms with E-state index in [4.69, 9.17) is 103 Å². The van der Waals surface area contributed by atoms with Gasteiger partial charge in [0.2, 0.25) is 0 Å². The number of nitrogens with one attached hydrogen (secondary N) is 2. The number of hydrogen-bond donors (Lipinski definition) is 2. The molecule has 7 aromatic rings. The Kier molecular flexibility index (Phi) is 11.4. The second kappa shape index (κ2) is 16.2. The van der Waals surface area contributed by atoms with Crippen molar-refractivity contribution in [2.45, 2.75) is 0 Å². The van der Waals surface area contributed by atoms with Gasteiger partial charge in [-0.2, -0.15) is 0 Å². The van der Waals surface area contributed by atoms with Crippen LogP contribution in [-0.4, -0.2) is 19.9 Å². The van der Waals surface area contributed by atoms with Gasteiger partial charge in [-0.3, -0.25) is 0 Å². The van der Waals surface area contributed by atoms with Crippen LogP contribution >= 0.6 is 92.8 Å². The summed E-state index contributed by atoms with van der Waals surface area (Å²) in [4.78, 5) is 17.9. The molecule has 4 nitrogen and oxygen atoms in total. The van der Waals surface area contributed by atoms with Crippen molar-refractivity contribution in [1.29, 1.82) is 0 Å². The third-order valence-electron chi connectivity index (χ3n) is 9.36. The first-order chi connectivity index (χ1) is 26.9. The van der Waals surface area contributed by atoms with Gasteiger partial charge in [-0.15, -0.1) is 0 Å². The molecule has 281 valence electrons. The summed E-state index contributed by atoms with van der Waals surface area (Å²) < 4.78 is 0. The van der Waals surface area contributed by atoms with Crippen molar-refractivity contribution in [2.24, 2.45) is 0 Å². The molecular weight excluding hydrogens is 923 g/mol. The van der Waals surface area contributed by atoms with Gasteiger partial charge in [0.25, 0.3) is 0 Å². The van der Waals surface area contributed by atoms with Gasteiger partial charge in [0.15, 0.2) is 0 Å². The molecule has 13 heteroatoms. The Morgan fingerprint density at radius 3 is 0.684 bits per heavy atom. The standard InChI is InChI=1S/C44H22Cl8N4.Mn/c45-25-9-21(10-26(46)17-25)41-33-1-2-34(53-33)42(22-11-27(47)18-28(48)12-22)36-5-6-38(55-36)44(24-15-31(51)20-32(52)16-24)40-8-7-39(56-40)43(37-4-3-35(41)54-37)23-13-29(49)19-30(50)14-23;/h1-20,53,56H;. The summed E-state index contributed by atoms with van der Waals surface area (Å²) in [7, 11) is 0. The molecule has 4 aromatic carbocycles. The first-order valence-electron chi connectivity index (χ1n) is 17.0. The topological polar surface area (TPSA) is 57.4 Å². The maximum atomic E-state index is 6.61. The van der Waals surface area contributed by atoms with Crippen molar-refractivity contribution in [3.8, 4) is 44.5 Å². The van der Waals surface area contributed by atoms with E-state index in [1.54, 1.807) is 24.3 Å². The minimum Gasteiger partial charge on any atom is -0.354 e. The van der Waals surface area contributed by atoms with Crippen LogP contribution in [0, 0.1) is 0 Å². The van der Waals surface area contributed by atoms with E-state index in [1.165, 1.54) is 0 Å². The number of benzene rings is 4. The summed E-state index contributed by atoms with van der Waals surface area (Å²) in [6.07, 6.45) is 7.86. The zero-order valence-electron chi connectivity index (χ0n) is 28.8. The van der Waals surface area contributed by atoms with Crippen molar-refractivity contribution in [1.82, 2.24) is 19.9 Å². The number of H-pyrrole nitrogens is 2. The zero-order chi connectivity index (χ0) is 38.8. The average Bonchev–Trinajstić information content (AvgIpc) is 3.94. The number of aromatic amines is 2. The van der Waals surface area contributed by atoms with E-state index in [1.807, 2.05) is 97.1 Å². The molecule has 8 bridgehead atoms. The molecule has 0 aliphatic carbocycles. The fourth-order valence-corrected chi connectivity index (χ4v) is 9.32. The minimum absolute atomic E-state index is 0. The van der Waals surface area contributed by atoms with Gasteiger partial charge < -0.3 is 9.97 Å². The molecule has 1 radical (unpaired) electrons. The molecule has 2 aliphatic rings. The molecule has 0 unspecified atom stereocenters. The summed E-state index contributed by atoms with van der Waals surface area (Å²) >= 11 is 52.9. The molecule has 0 saturated heterocycles. The van der Waals surface area contributed by atoms with Crippen molar-refractivity contribution < 1.29 is 17.1 Å². The van der Waals surface area contributed by atoms with Gasteiger partial charge in [-0.05, 0) is 144 Å². The molecule has 0 fully saturated rings. The molecule has 0 saturated carbocycles. The van der Waals surface area contributed by atoms with Gasteiger partial charge in [-0.1, -0.05) is 92.8 Å². The van der Waals surface area contributed by atoms with Gasteiger partial charge in [0, 0.05) is 102 Å². The van der Waals surface area contributed by atoms with Crippen LogP contribution in [0.1, 0.15) is 22.8 Å². The van der Waals surface area contributed by atoms with Crippen LogP contribution in [0.5, 0.6) is 0 Å². The number of nitrogens with zero attached hydrogens (tertiary/aromatic N) is 2. The third kappa shape index (κ3) is 8.05. The second-order valence-electron chi connectivity index (χ2n) is 13.1. The maximum Gasteiger partial charge on any atom is 0.0737 e. The molecule has 0 spiro atoms. The number of fused-ring (bicyclic) bond motifs is 8. The fourth-order valence-electron chi connectivity index (χ4n) is 7.21. The van der Waals surface area contributed by atoms with E-state index in [0.29, 0.717) is 63.0 Å². The molecule has 3 aromatic heterocycles. The van der Waals surface area contributed by atoms with Crippen molar-refractivity contribution in [3.05, 3.63) is 160 Å². The first kappa shape index (κ1) is 40.1. The Hall–Kier alpha value is -3.68. The molecule has 57 heavy (non-hydrogen) atoms. The summed E-state index contributed by atoms with van der Waals surface area (Å²) in [5, 5.41) is 3.84. The summed E-state index contributed by atoms with van der Waals surface area (Å²) in [5.41, 5.74) is 11.8. The van der Waals surface area contributed by atoms with Crippen LogP contribution in [0.4, 0.5) is 0 Å². The predicted molar refractivity (Wildman–Crippen MR) is 241 cm³/mol. The second-order valence-corrected chi connectivity index (χ2v) is 16.6. The average molecular weight is 945 g/mol. The SMILES string of the molecule is Clc1cc(Cl)cc(-c2c3nc(c(-c4cc(Cl)cc(Cl)c4)c4ccc([nH]4)c(-c4cc(Cl)cc(Cl)c4)c4nc(c(-c5cc(Cl)cc(Cl)c5)c5ccc2[nH]5)C=C4)C=C3)c1.[Mn]. The molecule has 2 N–H and O–H groups in total. The van der Waals surface area contributed by atoms with Gasteiger partial charge in [0.05, 0.1) is 22.8 Å². The van der Waals surface area contributed by atoms with Gasteiger partial charge in [0.1, 0.15) is 0 Å². The number of hydrogen-bond acceptors (Lipinski definition) is 2. The normalized spacial score (nSPS) is 11.9. The Labute approximate surface area is 377 Å². The fraction of sp³-hybridized carbons (Fsp3) is 0. The minimum atomic E-state index is 0.